The lowest BCUT2D eigenvalue weighted by Crippen LogP contribution is -2.33. The summed E-state index contributed by atoms with van der Waals surface area (Å²) in [6, 6.07) is 16.8. The van der Waals surface area contributed by atoms with Crippen molar-refractivity contribution in [3.63, 3.8) is 0 Å². The summed E-state index contributed by atoms with van der Waals surface area (Å²) in [5.74, 6) is -2.02. The molecule has 1 aliphatic heterocycles. The minimum atomic E-state index is -0.873. The van der Waals surface area contributed by atoms with E-state index in [9.17, 15) is 14.7 Å². The molecule has 0 aliphatic carbocycles. The molecular formula is C20H20ClNO3. The molecule has 130 valence electrons. The van der Waals surface area contributed by atoms with E-state index in [0.717, 1.165) is 11.1 Å². The molecule has 1 amide bonds. The largest absolute Gasteiger partial charge is 0.481 e. The van der Waals surface area contributed by atoms with Gasteiger partial charge in [-0.25, -0.2) is 0 Å². The summed E-state index contributed by atoms with van der Waals surface area (Å²) >= 11 is 5.92. The fourth-order valence-electron chi connectivity index (χ4n) is 3.44. The Balaban J connectivity index is 1.81. The summed E-state index contributed by atoms with van der Waals surface area (Å²) in [5, 5.41) is 10.2. The van der Waals surface area contributed by atoms with E-state index in [0.29, 0.717) is 11.6 Å². The highest BCUT2D eigenvalue weighted by Crippen LogP contribution is 2.35. The van der Waals surface area contributed by atoms with Crippen LogP contribution in [0.1, 0.15) is 29.9 Å². The summed E-state index contributed by atoms with van der Waals surface area (Å²) < 4.78 is 0. The maximum atomic E-state index is 12.9. The molecule has 1 aliphatic rings. The second-order valence-electron chi connectivity index (χ2n) is 6.48. The Morgan fingerprint density at radius 3 is 2.32 bits per heavy atom. The number of carbonyl (C=O) groups is 2. The first-order valence-electron chi connectivity index (χ1n) is 8.29. The third-order valence-electron chi connectivity index (χ3n) is 4.92. The zero-order valence-corrected chi connectivity index (χ0v) is 14.7. The first kappa shape index (κ1) is 17.5. The summed E-state index contributed by atoms with van der Waals surface area (Å²) in [6.45, 7) is 2.51. The SMILES string of the molecule is CC(C(=O)N1C[C@@H](C(=O)O)[C@H](c2ccc(Cl)cc2)C1)c1ccccc1. The van der Waals surface area contributed by atoms with Crippen LogP contribution < -0.4 is 0 Å². The third kappa shape index (κ3) is 3.69. The number of hydrogen-bond donors (Lipinski definition) is 1. The van der Waals surface area contributed by atoms with E-state index >= 15 is 0 Å². The molecule has 0 spiro atoms. The Hall–Kier alpha value is -2.33. The number of carbonyl (C=O) groups excluding carboxylic acids is 1. The average Bonchev–Trinajstić information content (AvgIpc) is 3.07. The molecule has 1 unspecified atom stereocenters. The lowest BCUT2D eigenvalue weighted by atomic mass is 9.89. The number of carboxylic acid groups (broad SMARTS) is 1. The standard InChI is InChI=1S/C20H20ClNO3/c1-13(14-5-3-2-4-6-14)19(23)22-11-17(18(12-22)20(24)25)15-7-9-16(21)10-8-15/h2-10,13,17-18H,11-12H2,1H3,(H,24,25)/t13?,17-,18+/m0/s1. The van der Waals surface area contributed by atoms with Crippen LogP contribution in [-0.4, -0.2) is 35.0 Å². The van der Waals surface area contributed by atoms with E-state index in [1.807, 2.05) is 49.4 Å². The minimum Gasteiger partial charge on any atom is -0.481 e. The zero-order valence-electron chi connectivity index (χ0n) is 13.9. The van der Waals surface area contributed by atoms with Gasteiger partial charge in [-0.3, -0.25) is 9.59 Å². The smallest absolute Gasteiger partial charge is 0.308 e. The Labute approximate surface area is 152 Å². The van der Waals surface area contributed by atoms with E-state index in [1.54, 1.807) is 17.0 Å². The summed E-state index contributed by atoms with van der Waals surface area (Å²) in [5.41, 5.74) is 1.84. The zero-order chi connectivity index (χ0) is 18.0. The van der Waals surface area contributed by atoms with Gasteiger partial charge in [-0.15, -0.1) is 0 Å². The van der Waals surface area contributed by atoms with Gasteiger partial charge in [-0.1, -0.05) is 54.1 Å². The molecule has 4 nitrogen and oxygen atoms in total. The van der Waals surface area contributed by atoms with E-state index in [2.05, 4.69) is 0 Å². The van der Waals surface area contributed by atoms with Gasteiger partial charge >= 0.3 is 5.97 Å². The van der Waals surface area contributed by atoms with Gasteiger partial charge in [-0.05, 0) is 30.2 Å². The molecule has 25 heavy (non-hydrogen) atoms. The van der Waals surface area contributed by atoms with Crippen LogP contribution in [0.4, 0.5) is 0 Å². The molecule has 2 aromatic rings. The molecule has 0 aromatic heterocycles. The van der Waals surface area contributed by atoms with Crippen LogP contribution in [0.25, 0.3) is 0 Å². The minimum absolute atomic E-state index is 0.0334. The van der Waals surface area contributed by atoms with Gasteiger partial charge in [0.1, 0.15) is 0 Å². The number of nitrogens with zero attached hydrogens (tertiary/aromatic N) is 1. The number of aliphatic carboxylic acids is 1. The number of carboxylic acids is 1. The fraction of sp³-hybridized carbons (Fsp3) is 0.300. The normalized spacial score (nSPS) is 21.1. The Kier molecular flexibility index (Phi) is 5.09. The summed E-state index contributed by atoms with van der Waals surface area (Å²) in [4.78, 5) is 26.2. The predicted octanol–water partition coefficient (Wildman–Crippen LogP) is 3.77. The van der Waals surface area contributed by atoms with Gasteiger partial charge in [-0.2, -0.15) is 0 Å². The molecule has 3 rings (SSSR count). The van der Waals surface area contributed by atoms with Crippen molar-refractivity contribution in [1.29, 1.82) is 0 Å². The lowest BCUT2D eigenvalue weighted by Gasteiger charge is -2.21. The van der Waals surface area contributed by atoms with E-state index < -0.39 is 11.9 Å². The Morgan fingerprint density at radius 1 is 1.08 bits per heavy atom. The van der Waals surface area contributed by atoms with Crippen LogP contribution in [0, 0.1) is 5.92 Å². The van der Waals surface area contributed by atoms with Gasteiger partial charge < -0.3 is 10.0 Å². The topological polar surface area (TPSA) is 57.6 Å². The number of halogens is 1. The molecule has 2 aromatic carbocycles. The second kappa shape index (κ2) is 7.28. The predicted molar refractivity (Wildman–Crippen MR) is 96.8 cm³/mol. The number of hydrogen-bond acceptors (Lipinski definition) is 2. The van der Waals surface area contributed by atoms with Crippen molar-refractivity contribution in [2.75, 3.05) is 13.1 Å². The molecule has 1 heterocycles. The van der Waals surface area contributed by atoms with Crippen LogP contribution in [0.2, 0.25) is 5.02 Å². The van der Waals surface area contributed by atoms with Gasteiger partial charge in [0.2, 0.25) is 5.91 Å². The molecule has 5 heteroatoms. The van der Waals surface area contributed by atoms with Crippen LogP contribution in [-0.2, 0) is 9.59 Å². The average molecular weight is 358 g/mol. The molecule has 0 bridgehead atoms. The number of amides is 1. The van der Waals surface area contributed by atoms with Crippen LogP contribution in [0.3, 0.4) is 0 Å². The maximum Gasteiger partial charge on any atom is 0.308 e. The highest BCUT2D eigenvalue weighted by Gasteiger charge is 2.41. The molecular weight excluding hydrogens is 338 g/mol. The molecule has 3 atom stereocenters. The maximum absolute atomic E-state index is 12.9. The summed E-state index contributed by atoms with van der Waals surface area (Å²) in [6.07, 6.45) is 0. The monoisotopic (exact) mass is 357 g/mol. The van der Waals surface area contributed by atoms with Gasteiger partial charge in [0, 0.05) is 24.0 Å². The second-order valence-corrected chi connectivity index (χ2v) is 6.91. The molecule has 0 radical (unpaired) electrons. The van der Waals surface area contributed by atoms with Gasteiger partial charge in [0.25, 0.3) is 0 Å². The molecule has 0 saturated carbocycles. The number of benzene rings is 2. The van der Waals surface area contributed by atoms with Gasteiger partial charge in [0.15, 0.2) is 0 Å². The number of rotatable bonds is 4. The Morgan fingerprint density at radius 2 is 1.72 bits per heavy atom. The van der Waals surface area contributed by atoms with Crippen LogP contribution in [0.15, 0.2) is 54.6 Å². The first-order chi connectivity index (χ1) is 12.0. The number of likely N-dealkylation sites (tertiary alicyclic amines) is 1. The van der Waals surface area contributed by atoms with Crippen LogP contribution in [0.5, 0.6) is 0 Å². The van der Waals surface area contributed by atoms with Gasteiger partial charge in [0.05, 0.1) is 11.8 Å². The van der Waals surface area contributed by atoms with Crippen molar-refractivity contribution < 1.29 is 14.7 Å². The van der Waals surface area contributed by atoms with Crippen molar-refractivity contribution in [3.05, 3.63) is 70.7 Å². The summed E-state index contributed by atoms with van der Waals surface area (Å²) in [7, 11) is 0. The highest BCUT2D eigenvalue weighted by atomic mass is 35.5. The fourth-order valence-corrected chi connectivity index (χ4v) is 3.57. The van der Waals surface area contributed by atoms with Crippen molar-refractivity contribution in [2.24, 2.45) is 5.92 Å². The lowest BCUT2D eigenvalue weighted by molar-refractivity contribution is -0.141. The van der Waals surface area contributed by atoms with Crippen molar-refractivity contribution in [1.82, 2.24) is 4.90 Å². The Bertz CT molecular complexity index is 760. The molecule has 1 fully saturated rings. The van der Waals surface area contributed by atoms with Crippen molar-refractivity contribution in [3.8, 4) is 0 Å². The van der Waals surface area contributed by atoms with E-state index in [-0.39, 0.29) is 24.3 Å². The third-order valence-corrected chi connectivity index (χ3v) is 5.17. The van der Waals surface area contributed by atoms with Crippen LogP contribution >= 0.6 is 11.6 Å². The van der Waals surface area contributed by atoms with E-state index in [4.69, 9.17) is 11.6 Å². The molecule has 1 N–H and O–H groups in total. The van der Waals surface area contributed by atoms with Crippen molar-refractivity contribution >= 4 is 23.5 Å². The quantitative estimate of drug-likeness (QED) is 0.906. The van der Waals surface area contributed by atoms with Crippen molar-refractivity contribution in [2.45, 2.75) is 18.8 Å². The molecule has 1 saturated heterocycles. The van der Waals surface area contributed by atoms with E-state index in [1.165, 1.54) is 0 Å². The first-order valence-corrected chi connectivity index (χ1v) is 8.67. The highest BCUT2D eigenvalue weighted by molar-refractivity contribution is 6.30.